The Morgan fingerprint density at radius 1 is 1.00 bits per heavy atom. The van der Waals surface area contributed by atoms with Crippen molar-refractivity contribution in [3.63, 3.8) is 0 Å². The summed E-state index contributed by atoms with van der Waals surface area (Å²) in [4.78, 5) is 4.35. The second-order valence-electron chi connectivity index (χ2n) is 3.86. The normalized spacial score (nSPS) is 11.6. The Morgan fingerprint density at radius 2 is 1.61 bits per heavy atom. The van der Waals surface area contributed by atoms with Gasteiger partial charge in [-0.15, -0.1) is 0 Å². The third-order valence-electron chi connectivity index (χ3n) is 2.47. The Labute approximate surface area is 116 Å². The van der Waals surface area contributed by atoms with Gasteiger partial charge in [0.1, 0.15) is 0 Å². The lowest BCUT2D eigenvalue weighted by atomic mass is 10.1. The predicted molar refractivity (Wildman–Crippen MR) is 72.1 cm³/mol. The summed E-state index contributed by atoms with van der Waals surface area (Å²) in [6, 6.07) is 8.83. The number of nitrogens with zero attached hydrogens (tertiary/aromatic N) is 1. The maximum Gasteiger partial charge on any atom is 0.416 e. The number of hydrogen-bond acceptors (Lipinski definition) is 1. The van der Waals surface area contributed by atoms with Gasteiger partial charge in [0.05, 0.1) is 11.3 Å². The van der Waals surface area contributed by atoms with Gasteiger partial charge in [0.25, 0.3) is 0 Å². The smallest absolute Gasteiger partial charge is 0.252 e. The van der Waals surface area contributed by atoms with Gasteiger partial charge in [-0.25, -0.2) is 0 Å². The lowest BCUT2D eigenvalue weighted by Crippen LogP contribution is -2.04. The molecule has 1 aromatic heterocycles. The van der Waals surface area contributed by atoms with Gasteiger partial charge in [-0.05, 0) is 53.8 Å². The monoisotopic (exact) mass is 363 g/mol. The average Bonchev–Trinajstić information content (AvgIpc) is 2.31. The van der Waals surface area contributed by atoms with Crippen LogP contribution in [0.5, 0.6) is 0 Å². The zero-order valence-corrected chi connectivity index (χ0v) is 11.6. The van der Waals surface area contributed by atoms with E-state index in [1.807, 2.05) is 19.1 Å². The molecule has 0 unspecified atom stereocenters. The van der Waals surface area contributed by atoms with Crippen LogP contribution in [0.4, 0.5) is 13.2 Å². The first-order chi connectivity index (χ1) is 8.38. The lowest BCUT2D eigenvalue weighted by molar-refractivity contribution is -0.137. The van der Waals surface area contributed by atoms with Crippen molar-refractivity contribution in [1.82, 2.24) is 4.98 Å². The quantitative estimate of drug-likeness (QED) is 0.671. The molecule has 1 nitrogen and oxygen atoms in total. The van der Waals surface area contributed by atoms with Crippen LogP contribution in [0.3, 0.4) is 0 Å². The summed E-state index contributed by atoms with van der Waals surface area (Å²) >= 11 is 2.12. The van der Waals surface area contributed by atoms with Gasteiger partial charge in [-0.1, -0.05) is 12.1 Å². The number of pyridine rings is 1. The van der Waals surface area contributed by atoms with E-state index in [2.05, 4.69) is 27.6 Å². The highest BCUT2D eigenvalue weighted by Crippen LogP contribution is 2.31. The fourth-order valence-electron chi connectivity index (χ4n) is 1.56. The zero-order chi connectivity index (χ0) is 13.3. The van der Waals surface area contributed by atoms with E-state index in [1.54, 1.807) is 0 Å². The average molecular weight is 363 g/mol. The zero-order valence-electron chi connectivity index (χ0n) is 9.42. The number of hydrogen-bond donors (Lipinski definition) is 0. The molecule has 0 fully saturated rings. The van der Waals surface area contributed by atoms with E-state index in [0.717, 1.165) is 21.4 Å². The van der Waals surface area contributed by atoms with Crippen LogP contribution in [0.25, 0.3) is 11.3 Å². The van der Waals surface area contributed by atoms with Crippen molar-refractivity contribution in [3.05, 3.63) is 51.2 Å². The van der Waals surface area contributed by atoms with Crippen LogP contribution in [-0.2, 0) is 6.18 Å². The highest BCUT2D eigenvalue weighted by atomic mass is 127. The summed E-state index contributed by atoms with van der Waals surface area (Å²) in [6.45, 7) is 1.85. The largest absolute Gasteiger partial charge is 0.416 e. The molecule has 94 valence electrons. The van der Waals surface area contributed by atoms with Crippen LogP contribution in [0.1, 0.15) is 11.3 Å². The van der Waals surface area contributed by atoms with Crippen LogP contribution in [0.2, 0.25) is 0 Å². The molecule has 0 radical (unpaired) electrons. The van der Waals surface area contributed by atoms with Crippen LogP contribution < -0.4 is 0 Å². The standard InChI is InChI=1S/C13H9F3IN/c1-8-2-7-11(17)12(18-8)9-3-5-10(6-4-9)13(14,15)16/h2-7H,1H3. The van der Waals surface area contributed by atoms with E-state index in [-0.39, 0.29) is 0 Å². The number of aromatic nitrogens is 1. The molecule has 0 bridgehead atoms. The molecule has 0 saturated carbocycles. The second-order valence-corrected chi connectivity index (χ2v) is 5.02. The minimum Gasteiger partial charge on any atom is -0.252 e. The minimum absolute atomic E-state index is 0.645. The van der Waals surface area contributed by atoms with E-state index in [4.69, 9.17) is 0 Å². The van der Waals surface area contributed by atoms with Gasteiger partial charge in [0, 0.05) is 14.8 Å². The van der Waals surface area contributed by atoms with Crippen molar-refractivity contribution >= 4 is 22.6 Å². The van der Waals surface area contributed by atoms with E-state index >= 15 is 0 Å². The second kappa shape index (κ2) is 4.87. The molecule has 18 heavy (non-hydrogen) atoms. The van der Waals surface area contributed by atoms with Crippen LogP contribution in [0.15, 0.2) is 36.4 Å². The highest BCUT2D eigenvalue weighted by molar-refractivity contribution is 14.1. The first-order valence-corrected chi connectivity index (χ1v) is 6.26. The summed E-state index contributed by atoms with van der Waals surface area (Å²) in [6.07, 6.45) is -4.30. The lowest BCUT2D eigenvalue weighted by Gasteiger charge is -2.08. The molecule has 0 atom stereocenters. The van der Waals surface area contributed by atoms with Crippen molar-refractivity contribution in [1.29, 1.82) is 0 Å². The number of alkyl halides is 3. The van der Waals surface area contributed by atoms with E-state index in [1.165, 1.54) is 12.1 Å². The topological polar surface area (TPSA) is 12.9 Å². The summed E-state index contributed by atoms with van der Waals surface area (Å²) < 4.78 is 38.3. The fourth-order valence-corrected chi connectivity index (χ4v) is 2.17. The summed E-state index contributed by atoms with van der Waals surface area (Å²) in [5, 5.41) is 0. The van der Waals surface area contributed by atoms with Gasteiger partial charge >= 0.3 is 6.18 Å². The van der Waals surface area contributed by atoms with Crippen LogP contribution in [-0.4, -0.2) is 4.98 Å². The van der Waals surface area contributed by atoms with Crippen molar-refractivity contribution in [2.24, 2.45) is 0 Å². The Morgan fingerprint density at radius 3 is 2.17 bits per heavy atom. The predicted octanol–water partition coefficient (Wildman–Crippen LogP) is 4.68. The van der Waals surface area contributed by atoms with Crippen molar-refractivity contribution in [3.8, 4) is 11.3 Å². The fraction of sp³-hybridized carbons (Fsp3) is 0.154. The van der Waals surface area contributed by atoms with E-state index < -0.39 is 11.7 Å². The van der Waals surface area contributed by atoms with Crippen LogP contribution >= 0.6 is 22.6 Å². The molecular weight excluding hydrogens is 354 g/mol. The third kappa shape index (κ3) is 2.82. The molecule has 2 aromatic rings. The summed E-state index contributed by atoms with van der Waals surface area (Å²) in [5.74, 6) is 0. The molecule has 0 spiro atoms. The Hall–Kier alpha value is -1.11. The maximum atomic E-state index is 12.4. The molecule has 0 aliphatic heterocycles. The molecule has 2 rings (SSSR count). The molecule has 0 aliphatic carbocycles. The summed E-state index contributed by atoms with van der Waals surface area (Å²) in [5.41, 5.74) is 1.60. The van der Waals surface area contributed by atoms with Gasteiger partial charge in [-0.3, -0.25) is 4.98 Å². The number of halogens is 4. The molecule has 0 saturated heterocycles. The number of rotatable bonds is 1. The first-order valence-electron chi connectivity index (χ1n) is 5.19. The van der Waals surface area contributed by atoms with Gasteiger partial charge in [0.2, 0.25) is 0 Å². The number of benzene rings is 1. The van der Waals surface area contributed by atoms with Crippen molar-refractivity contribution in [2.45, 2.75) is 13.1 Å². The first kappa shape index (κ1) is 13.3. The van der Waals surface area contributed by atoms with E-state index in [0.29, 0.717) is 11.3 Å². The van der Waals surface area contributed by atoms with E-state index in [9.17, 15) is 13.2 Å². The third-order valence-corrected chi connectivity index (χ3v) is 3.34. The SMILES string of the molecule is Cc1ccc(I)c(-c2ccc(C(F)(F)F)cc2)n1. The molecular formula is C13H9F3IN. The maximum absolute atomic E-state index is 12.4. The van der Waals surface area contributed by atoms with Gasteiger partial charge in [0.15, 0.2) is 0 Å². The Kier molecular flexibility index (Phi) is 3.61. The molecule has 1 aromatic carbocycles. The molecule has 0 aliphatic rings. The van der Waals surface area contributed by atoms with Crippen molar-refractivity contribution < 1.29 is 13.2 Å². The molecule has 0 N–H and O–H groups in total. The molecule has 1 heterocycles. The Balaban J connectivity index is 2.43. The van der Waals surface area contributed by atoms with Crippen molar-refractivity contribution in [2.75, 3.05) is 0 Å². The van der Waals surface area contributed by atoms with Gasteiger partial charge in [-0.2, -0.15) is 13.2 Å². The van der Waals surface area contributed by atoms with Crippen LogP contribution in [0, 0.1) is 10.5 Å². The summed E-state index contributed by atoms with van der Waals surface area (Å²) in [7, 11) is 0. The van der Waals surface area contributed by atoms with Gasteiger partial charge < -0.3 is 0 Å². The highest BCUT2D eigenvalue weighted by Gasteiger charge is 2.30. The minimum atomic E-state index is -4.30. The number of aryl methyl sites for hydroxylation is 1. The molecule has 5 heteroatoms. The molecule has 0 amide bonds. The Bertz CT molecular complexity index is 561.